The van der Waals surface area contributed by atoms with Crippen LogP contribution in [-0.4, -0.2) is 11.3 Å². The predicted molar refractivity (Wildman–Crippen MR) is 48.7 cm³/mol. The summed E-state index contributed by atoms with van der Waals surface area (Å²) in [5.41, 5.74) is 1.08. The third-order valence-electron chi connectivity index (χ3n) is 1.41. The number of hydrogen-bond acceptors (Lipinski definition) is 3. The van der Waals surface area contributed by atoms with Crippen molar-refractivity contribution in [3.63, 3.8) is 0 Å². The van der Waals surface area contributed by atoms with E-state index >= 15 is 0 Å². The fraction of sp³-hybridized carbons (Fsp3) is 0.100. The van der Waals surface area contributed by atoms with Crippen molar-refractivity contribution in [1.29, 1.82) is 5.26 Å². The summed E-state index contributed by atoms with van der Waals surface area (Å²) in [6.45, 7) is 0. The number of aldehydes is 1. The van der Waals surface area contributed by atoms with E-state index in [1.165, 1.54) is 0 Å². The number of nitriles is 1. The fourth-order valence-corrected chi connectivity index (χ4v) is 0.851. The molecule has 13 heavy (non-hydrogen) atoms. The van der Waals surface area contributed by atoms with Crippen molar-refractivity contribution in [2.75, 3.05) is 0 Å². The van der Waals surface area contributed by atoms with Gasteiger partial charge in [0.15, 0.2) is 0 Å². The first-order chi connectivity index (χ1) is 6.36. The molecule has 1 aromatic rings. The van der Waals surface area contributed by atoms with Crippen LogP contribution in [0.2, 0.25) is 0 Å². The van der Waals surface area contributed by atoms with E-state index in [0.717, 1.165) is 6.29 Å². The molecule has 0 saturated carbocycles. The first kappa shape index (κ1) is 9.14. The summed E-state index contributed by atoms with van der Waals surface area (Å²) in [4.78, 5) is 14.0. The third-order valence-corrected chi connectivity index (χ3v) is 1.41. The summed E-state index contributed by atoms with van der Waals surface area (Å²) >= 11 is 0. The number of pyridine rings is 1. The van der Waals surface area contributed by atoms with Crippen LogP contribution in [0, 0.1) is 11.3 Å². The summed E-state index contributed by atoms with van der Waals surface area (Å²) in [5, 5.41) is 8.54. The highest BCUT2D eigenvalue weighted by atomic mass is 16.1. The molecular formula is C10H8N2O. The van der Waals surface area contributed by atoms with Gasteiger partial charge in [-0.1, -0.05) is 12.1 Å². The first-order valence-electron chi connectivity index (χ1n) is 3.84. The van der Waals surface area contributed by atoms with E-state index in [9.17, 15) is 4.79 Å². The molecule has 0 aliphatic heterocycles. The Morgan fingerprint density at radius 2 is 2.38 bits per heavy atom. The lowest BCUT2D eigenvalue weighted by molar-refractivity contribution is -0.107. The minimum absolute atomic E-state index is 0.373. The summed E-state index contributed by atoms with van der Waals surface area (Å²) in [6, 6.07) is 7.12. The predicted octanol–water partition coefficient (Wildman–Crippen LogP) is 1.56. The van der Waals surface area contributed by atoms with E-state index in [2.05, 4.69) is 4.98 Å². The monoisotopic (exact) mass is 172 g/mol. The summed E-state index contributed by atoms with van der Waals surface area (Å²) in [5.74, 6) is 0. The fourth-order valence-electron chi connectivity index (χ4n) is 0.851. The Morgan fingerprint density at radius 3 is 3.08 bits per heavy atom. The van der Waals surface area contributed by atoms with Crippen LogP contribution < -0.4 is 0 Å². The molecule has 1 aromatic heterocycles. The van der Waals surface area contributed by atoms with Crippen LogP contribution in [-0.2, 0) is 4.79 Å². The SMILES string of the molecule is N#Cc1cccc(C=CCC=O)n1. The van der Waals surface area contributed by atoms with Crippen LogP contribution in [0.1, 0.15) is 17.8 Å². The van der Waals surface area contributed by atoms with Crippen LogP contribution in [0.15, 0.2) is 24.3 Å². The van der Waals surface area contributed by atoms with E-state index in [1.54, 1.807) is 30.4 Å². The molecule has 0 aromatic carbocycles. The van der Waals surface area contributed by atoms with Gasteiger partial charge in [-0.25, -0.2) is 4.98 Å². The summed E-state index contributed by atoms with van der Waals surface area (Å²) < 4.78 is 0. The maximum atomic E-state index is 9.99. The maximum absolute atomic E-state index is 9.99. The van der Waals surface area contributed by atoms with E-state index in [-0.39, 0.29) is 0 Å². The Balaban J connectivity index is 2.78. The van der Waals surface area contributed by atoms with Gasteiger partial charge in [0.2, 0.25) is 0 Å². The van der Waals surface area contributed by atoms with Crippen molar-refractivity contribution in [1.82, 2.24) is 4.98 Å². The minimum atomic E-state index is 0.373. The maximum Gasteiger partial charge on any atom is 0.141 e. The Hall–Kier alpha value is -1.95. The van der Waals surface area contributed by atoms with Crippen molar-refractivity contribution in [3.8, 4) is 6.07 Å². The van der Waals surface area contributed by atoms with Crippen molar-refractivity contribution in [2.45, 2.75) is 6.42 Å². The van der Waals surface area contributed by atoms with E-state index in [4.69, 9.17) is 5.26 Å². The molecule has 0 aliphatic carbocycles. The van der Waals surface area contributed by atoms with Crippen LogP contribution in [0.4, 0.5) is 0 Å². The van der Waals surface area contributed by atoms with Gasteiger partial charge in [-0.15, -0.1) is 0 Å². The molecule has 0 atom stereocenters. The Bertz CT molecular complexity index is 363. The number of allylic oxidation sites excluding steroid dienone is 1. The van der Waals surface area contributed by atoms with Crippen LogP contribution in [0.3, 0.4) is 0 Å². The molecule has 0 fully saturated rings. The average Bonchev–Trinajstić information content (AvgIpc) is 2.19. The Labute approximate surface area is 76.3 Å². The number of nitrogens with zero attached hydrogens (tertiary/aromatic N) is 2. The molecule has 0 aliphatic rings. The second kappa shape index (κ2) is 4.83. The van der Waals surface area contributed by atoms with Gasteiger partial charge < -0.3 is 4.79 Å². The van der Waals surface area contributed by atoms with Gasteiger partial charge in [-0.3, -0.25) is 0 Å². The lowest BCUT2D eigenvalue weighted by atomic mass is 10.3. The highest BCUT2D eigenvalue weighted by Crippen LogP contribution is 2.00. The molecule has 0 unspecified atom stereocenters. The molecule has 64 valence electrons. The summed E-state index contributed by atoms with van der Waals surface area (Å²) in [7, 11) is 0. The molecule has 0 radical (unpaired) electrons. The standard InChI is InChI=1S/C10H8N2O/c11-8-10-6-3-5-9(12-10)4-1-2-7-13/h1,3-7H,2H2. The van der Waals surface area contributed by atoms with Gasteiger partial charge in [0.25, 0.3) is 0 Å². The topological polar surface area (TPSA) is 53.8 Å². The van der Waals surface area contributed by atoms with Gasteiger partial charge in [0.05, 0.1) is 5.69 Å². The molecule has 1 rings (SSSR count). The molecule has 0 N–H and O–H groups in total. The van der Waals surface area contributed by atoms with Crippen molar-refractivity contribution in [2.24, 2.45) is 0 Å². The van der Waals surface area contributed by atoms with Crippen LogP contribution >= 0.6 is 0 Å². The highest BCUT2D eigenvalue weighted by molar-refractivity contribution is 5.56. The molecule has 0 bridgehead atoms. The molecule has 3 nitrogen and oxygen atoms in total. The largest absolute Gasteiger partial charge is 0.303 e. The first-order valence-corrected chi connectivity index (χ1v) is 3.84. The Morgan fingerprint density at radius 1 is 1.54 bits per heavy atom. The zero-order chi connectivity index (χ0) is 9.52. The van der Waals surface area contributed by atoms with Gasteiger partial charge in [0, 0.05) is 6.42 Å². The van der Waals surface area contributed by atoms with E-state index in [0.29, 0.717) is 17.8 Å². The smallest absolute Gasteiger partial charge is 0.141 e. The normalized spacial score (nSPS) is 9.77. The minimum Gasteiger partial charge on any atom is -0.303 e. The van der Waals surface area contributed by atoms with E-state index < -0.39 is 0 Å². The molecule has 0 spiro atoms. The quantitative estimate of drug-likeness (QED) is 0.650. The second-order valence-electron chi connectivity index (χ2n) is 2.36. The Kier molecular flexibility index (Phi) is 3.40. The zero-order valence-corrected chi connectivity index (χ0v) is 6.97. The van der Waals surface area contributed by atoms with Crippen molar-refractivity contribution in [3.05, 3.63) is 35.7 Å². The molecule has 0 saturated heterocycles. The number of hydrogen-bond donors (Lipinski definition) is 0. The number of carbonyl (C=O) groups excluding carboxylic acids is 1. The van der Waals surface area contributed by atoms with Crippen molar-refractivity contribution >= 4 is 12.4 Å². The van der Waals surface area contributed by atoms with Crippen LogP contribution in [0.5, 0.6) is 0 Å². The molecular weight excluding hydrogens is 164 g/mol. The lowest BCUT2D eigenvalue weighted by Gasteiger charge is -1.91. The summed E-state index contributed by atoms with van der Waals surface area (Å²) in [6.07, 6.45) is 4.61. The number of carbonyl (C=O) groups is 1. The average molecular weight is 172 g/mol. The second-order valence-corrected chi connectivity index (χ2v) is 2.36. The van der Waals surface area contributed by atoms with Crippen molar-refractivity contribution < 1.29 is 4.79 Å². The molecule has 3 heteroatoms. The van der Waals surface area contributed by atoms with E-state index in [1.807, 2.05) is 6.07 Å². The highest BCUT2D eigenvalue weighted by Gasteiger charge is 1.91. The molecule has 1 heterocycles. The van der Waals surface area contributed by atoms with Gasteiger partial charge in [-0.05, 0) is 18.2 Å². The third kappa shape index (κ3) is 2.88. The van der Waals surface area contributed by atoms with Gasteiger partial charge >= 0.3 is 0 Å². The van der Waals surface area contributed by atoms with Crippen LogP contribution in [0.25, 0.3) is 6.08 Å². The number of aromatic nitrogens is 1. The van der Waals surface area contributed by atoms with Gasteiger partial charge in [-0.2, -0.15) is 5.26 Å². The van der Waals surface area contributed by atoms with Gasteiger partial charge in [0.1, 0.15) is 18.0 Å². The molecule has 0 amide bonds. The zero-order valence-electron chi connectivity index (χ0n) is 6.97. The lowest BCUT2D eigenvalue weighted by Crippen LogP contribution is -1.84. The number of rotatable bonds is 3.